The van der Waals surface area contributed by atoms with Crippen molar-refractivity contribution in [3.63, 3.8) is 0 Å². The van der Waals surface area contributed by atoms with Crippen molar-refractivity contribution < 1.29 is 0 Å². The van der Waals surface area contributed by atoms with E-state index in [2.05, 4.69) is 46.1 Å². The topological polar surface area (TPSA) is 0 Å². The SMILES string of the molecule is C=C=CC1(C)CCCC(C)(C)CCCCCC(CC)CC1. The molecular formula is C21H38. The van der Waals surface area contributed by atoms with E-state index in [1.807, 2.05) is 0 Å². The molecule has 1 aliphatic carbocycles. The second-order valence-electron chi connectivity index (χ2n) is 8.43. The largest absolute Gasteiger partial charge is 0.132 e. The van der Waals surface area contributed by atoms with E-state index in [9.17, 15) is 0 Å². The standard InChI is InChI=1S/C21H38/c1-6-14-21(5)17-11-16-20(3,4)15-10-8-9-12-19(7-2)13-18-21/h14,19H,1,7-13,15-18H2,2-5H3. The van der Waals surface area contributed by atoms with E-state index in [1.54, 1.807) is 0 Å². The van der Waals surface area contributed by atoms with E-state index < -0.39 is 0 Å². The van der Waals surface area contributed by atoms with Gasteiger partial charge in [0.1, 0.15) is 0 Å². The molecule has 21 heavy (non-hydrogen) atoms. The summed E-state index contributed by atoms with van der Waals surface area (Å²) in [5, 5.41) is 0. The van der Waals surface area contributed by atoms with Crippen LogP contribution in [0.2, 0.25) is 0 Å². The smallest absolute Gasteiger partial charge is 0.00709 e. The summed E-state index contributed by atoms with van der Waals surface area (Å²) in [6.07, 6.45) is 17.4. The van der Waals surface area contributed by atoms with Crippen molar-refractivity contribution in [3.05, 3.63) is 18.4 Å². The summed E-state index contributed by atoms with van der Waals surface area (Å²) >= 11 is 0. The molecule has 1 fully saturated rings. The molecule has 0 radical (unpaired) electrons. The third-order valence-corrected chi connectivity index (χ3v) is 5.72. The number of hydrogen-bond acceptors (Lipinski definition) is 0. The molecule has 0 aromatic heterocycles. The van der Waals surface area contributed by atoms with Crippen molar-refractivity contribution in [2.24, 2.45) is 16.7 Å². The lowest BCUT2D eigenvalue weighted by molar-refractivity contribution is 0.252. The fourth-order valence-electron chi connectivity index (χ4n) is 3.91. The molecule has 122 valence electrons. The predicted molar refractivity (Wildman–Crippen MR) is 95.5 cm³/mol. The summed E-state index contributed by atoms with van der Waals surface area (Å²) in [4.78, 5) is 0. The van der Waals surface area contributed by atoms with Crippen LogP contribution in [0.5, 0.6) is 0 Å². The van der Waals surface area contributed by atoms with Crippen LogP contribution in [-0.2, 0) is 0 Å². The predicted octanol–water partition coefficient (Wildman–Crippen LogP) is 7.30. The van der Waals surface area contributed by atoms with Crippen LogP contribution in [-0.4, -0.2) is 0 Å². The Balaban J connectivity index is 2.73. The zero-order valence-corrected chi connectivity index (χ0v) is 15.1. The second-order valence-corrected chi connectivity index (χ2v) is 8.43. The van der Waals surface area contributed by atoms with Gasteiger partial charge in [0.05, 0.1) is 0 Å². The summed E-state index contributed by atoms with van der Waals surface area (Å²) in [5.41, 5.74) is 3.92. The average molecular weight is 291 g/mol. The van der Waals surface area contributed by atoms with Gasteiger partial charge in [-0.3, -0.25) is 0 Å². The molecule has 0 amide bonds. The van der Waals surface area contributed by atoms with Crippen molar-refractivity contribution in [1.82, 2.24) is 0 Å². The zero-order valence-electron chi connectivity index (χ0n) is 15.1. The molecule has 1 rings (SSSR count). The maximum Gasteiger partial charge on any atom is -0.00709 e. The Morgan fingerprint density at radius 1 is 0.952 bits per heavy atom. The molecule has 0 saturated heterocycles. The van der Waals surface area contributed by atoms with E-state index >= 15 is 0 Å². The Labute approximate surface area is 134 Å². The lowest BCUT2D eigenvalue weighted by Gasteiger charge is -2.30. The maximum absolute atomic E-state index is 3.83. The second kappa shape index (κ2) is 8.84. The molecule has 0 nitrogen and oxygen atoms in total. The van der Waals surface area contributed by atoms with Gasteiger partial charge in [-0.25, -0.2) is 0 Å². The van der Waals surface area contributed by atoms with Gasteiger partial charge in [-0.05, 0) is 54.9 Å². The normalized spacial score (nSPS) is 32.1. The minimum Gasteiger partial charge on any atom is -0.132 e. The molecule has 0 N–H and O–H groups in total. The van der Waals surface area contributed by atoms with Crippen LogP contribution in [0.1, 0.15) is 98.3 Å². The Morgan fingerprint density at radius 2 is 1.67 bits per heavy atom. The van der Waals surface area contributed by atoms with Crippen LogP contribution in [0.4, 0.5) is 0 Å². The third-order valence-electron chi connectivity index (χ3n) is 5.72. The highest BCUT2D eigenvalue weighted by molar-refractivity contribution is 4.95. The van der Waals surface area contributed by atoms with Crippen LogP contribution in [0.25, 0.3) is 0 Å². The molecule has 0 spiro atoms. The molecule has 0 aliphatic heterocycles. The van der Waals surface area contributed by atoms with E-state index in [-0.39, 0.29) is 0 Å². The van der Waals surface area contributed by atoms with Crippen LogP contribution in [0.15, 0.2) is 18.4 Å². The highest BCUT2D eigenvalue weighted by Gasteiger charge is 2.25. The molecule has 1 aliphatic rings. The lowest BCUT2D eigenvalue weighted by atomic mass is 9.75. The van der Waals surface area contributed by atoms with Crippen molar-refractivity contribution in [2.75, 3.05) is 0 Å². The summed E-state index contributed by atoms with van der Waals surface area (Å²) in [6, 6.07) is 0. The summed E-state index contributed by atoms with van der Waals surface area (Å²) in [6.45, 7) is 13.5. The van der Waals surface area contributed by atoms with Crippen molar-refractivity contribution >= 4 is 0 Å². The molecule has 0 aromatic rings. The molecule has 1 saturated carbocycles. The van der Waals surface area contributed by atoms with E-state index in [0.717, 1.165) is 5.92 Å². The van der Waals surface area contributed by atoms with E-state index in [1.165, 1.54) is 70.6 Å². The van der Waals surface area contributed by atoms with Crippen LogP contribution >= 0.6 is 0 Å². The van der Waals surface area contributed by atoms with Crippen molar-refractivity contribution in [1.29, 1.82) is 0 Å². The number of allylic oxidation sites excluding steroid dienone is 1. The fourth-order valence-corrected chi connectivity index (χ4v) is 3.91. The highest BCUT2D eigenvalue weighted by Crippen LogP contribution is 2.38. The number of hydrogen-bond donors (Lipinski definition) is 0. The first kappa shape index (κ1) is 18.6. The lowest BCUT2D eigenvalue weighted by Crippen LogP contribution is -2.17. The summed E-state index contributed by atoms with van der Waals surface area (Å²) < 4.78 is 0. The molecule has 0 bridgehead atoms. The van der Waals surface area contributed by atoms with Gasteiger partial charge in [0.25, 0.3) is 0 Å². The van der Waals surface area contributed by atoms with E-state index in [0.29, 0.717) is 10.8 Å². The first-order chi connectivity index (χ1) is 9.91. The Hall–Kier alpha value is -0.480. The summed E-state index contributed by atoms with van der Waals surface area (Å²) in [5.74, 6) is 0.927. The minimum absolute atomic E-state index is 0.319. The van der Waals surface area contributed by atoms with Crippen LogP contribution in [0, 0.1) is 16.7 Å². The monoisotopic (exact) mass is 290 g/mol. The van der Waals surface area contributed by atoms with Crippen LogP contribution < -0.4 is 0 Å². The van der Waals surface area contributed by atoms with Gasteiger partial charge in [-0.15, -0.1) is 5.73 Å². The van der Waals surface area contributed by atoms with Crippen molar-refractivity contribution in [3.8, 4) is 0 Å². The van der Waals surface area contributed by atoms with E-state index in [4.69, 9.17) is 0 Å². The Bertz CT molecular complexity index is 332. The van der Waals surface area contributed by atoms with Gasteiger partial charge in [0.15, 0.2) is 0 Å². The van der Waals surface area contributed by atoms with Gasteiger partial charge in [-0.2, -0.15) is 0 Å². The average Bonchev–Trinajstić information content (AvgIpc) is 2.42. The van der Waals surface area contributed by atoms with Gasteiger partial charge in [-0.1, -0.05) is 72.8 Å². The summed E-state index contributed by atoms with van der Waals surface area (Å²) in [7, 11) is 0. The highest BCUT2D eigenvalue weighted by atomic mass is 14.3. The molecule has 0 heteroatoms. The molecule has 2 unspecified atom stereocenters. The molecule has 0 aromatic carbocycles. The van der Waals surface area contributed by atoms with Gasteiger partial charge < -0.3 is 0 Å². The third kappa shape index (κ3) is 7.37. The number of rotatable bonds is 2. The van der Waals surface area contributed by atoms with Crippen LogP contribution in [0.3, 0.4) is 0 Å². The van der Waals surface area contributed by atoms with Gasteiger partial charge in [0.2, 0.25) is 0 Å². The molecule has 2 atom stereocenters. The molecule has 0 heterocycles. The minimum atomic E-state index is 0.319. The maximum atomic E-state index is 3.83. The van der Waals surface area contributed by atoms with Crippen molar-refractivity contribution in [2.45, 2.75) is 98.3 Å². The molecular weight excluding hydrogens is 252 g/mol. The Morgan fingerprint density at radius 3 is 2.33 bits per heavy atom. The van der Waals surface area contributed by atoms with Gasteiger partial charge in [0, 0.05) is 0 Å². The zero-order chi connectivity index (χ0) is 15.8. The first-order valence-corrected chi connectivity index (χ1v) is 9.28. The Kier molecular flexibility index (Phi) is 7.82. The van der Waals surface area contributed by atoms with Gasteiger partial charge >= 0.3 is 0 Å². The quantitative estimate of drug-likeness (QED) is 0.468. The fraction of sp³-hybridized carbons (Fsp3) is 0.857. The first-order valence-electron chi connectivity index (χ1n) is 9.28.